The lowest BCUT2D eigenvalue weighted by Crippen LogP contribution is -2.32. The Morgan fingerprint density at radius 2 is 0.978 bits per heavy atom. The number of para-hydroxylation sites is 1. The van der Waals surface area contributed by atoms with Gasteiger partial charge in [-0.3, -0.25) is 0 Å². The number of benzene rings is 7. The lowest BCUT2D eigenvalue weighted by atomic mass is 9.66. The highest BCUT2D eigenvalue weighted by atomic mass is 32.1. The van der Waals surface area contributed by atoms with Crippen LogP contribution in [0.25, 0.3) is 53.6 Å². The van der Waals surface area contributed by atoms with E-state index in [1.54, 1.807) is 0 Å². The van der Waals surface area contributed by atoms with Gasteiger partial charge in [-0.1, -0.05) is 133 Å². The topological polar surface area (TPSA) is 9.23 Å². The van der Waals surface area contributed by atoms with E-state index in [4.69, 9.17) is 4.74 Å². The van der Waals surface area contributed by atoms with E-state index >= 15 is 0 Å². The summed E-state index contributed by atoms with van der Waals surface area (Å²) >= 11 is 1.86. The molecule has 0 amide bonds. The molecular weight excluding hydrogens is 565 g/mol. The predicted octanol–water partition coefficient (Wildman–Crippen LogP) is 11.9. The Morgan fingerprint density at radius 1 is 0.400 bits per heavy atom. The van der Waals surface area contributed by atoms with Crippen LogP contribution in [-0.2, 0) is 5.41 Å². The maximum absolute atomic E-state index is 6.82. The molecule has 1 aliphatic heterocycles. The quantitative estimate of drug-likeness (QED) is 0.195. The third-order valence-electron chi connectivity index (χ3n) is 9.78. The van der Waals surface area contributed by atoms with Crippen molar-refractivity contribution >= 4 is 31.5 Å². The molecule has 1 spiro atoms. The number of thiophene rings is 1. The van der Waals surface area contributed by atoms with Gasteiger partial charge in [-0.2, -0.15) is 0 Å². The first-order valence-corrected chi connectivity index (χ1v) is 16.3. The molecule has 0 N–H and O–H groups in total. The number of fused-ring (bicyclic) bond motifs is 12. The van der Waals surface area contributed by atoms with Crippen molar-refractivity contribution in [2.24, 2.45) is 0 Å². The van der Waals surface area contributed by atoms with Crippen molar-refractivity contribution in [2.75, 3.05) is 0 Å². The zero-order valence-electron chi connectivity index (χ0n) is 24.3. The van der Waals surface area contributed by atoms with Gasteiger partial charge in [-0.05, 0) is 68.8 Å². The molecule has 1 nitrogen and oxygen atoms in total. The van der Waals surface area contributed by atoms with Crippen LogP contribution in [-0.4, -0.2) is 0 Å². The lowest BCUT2D eigenvalue weighted by molar-refractivity contribution is 0.436. The molecule has 2 aliphatic rings. The van der Waals surface area contributed by atoms with Crippen molar-refractivity contribution in [1.29, 1.82) is 0 Å². The summed E-state index contributed by atoms with van der Waals surface area (Å²) < 4.78 is 9.45. The van der Waals surface area contributed by atoms with Crippen LogP contribution >= 0.6 is 11.3 Å². The first kappa shape index (κ1) is 24.9. The minimum atomic E-state index is -0.448. The molecule has 45 heavy (non-hydrogen) atoms. The van der Waals surface area contributed by atoms with Crippen molar-refractivity contribution in [3.05, 3.63) is 180 Å². The molecule has 0 bridgehead atoms. The molecule has 0 radical (unpaired) electrons. The Kier molecular flexibility index (Phi) is 5.14. The summed E-state index contributed by atoms with van der Waals surface area (Å²) in [5.74, 6) is 1.82. The average molecular weight is 591 g/mol. The monoisotopic (exact) mass is 590 g/mol. The Bertz CT molecular complexity index is 2440. The van der Waals surface area contributed by atoms with E-state index < -0.39 is 5.41 Å². The van der Waals surface area contributed by atoms with Crippen LogP contribution in [0.15, 0.2) is 158 Å². The highest BCUT2D eigenvalue weighted by Crippen LogP contribution is 2.62. The molecule has 2 heterocycles. The van der Waals surface area contributed by atoms with E-state index in [0.717, 1.165) is 17.1 Å². The first-order valence-electron chi connectivity index (χ1n) is 15.4. The van der Waals surface area contributed by atoms with Gasteiger partial charge in [0.2, 0.25) is 0 Å². The SMILES string of the molecule is c1ccc2c(c1)Oc1cc(-c3ccccc3-c3cccc4sc5ccccc5c34)ccc1C21c2ccccc2-c2ccccc21. The van der Waals surface area contributed by atoms with E-state index in [-0.39, 0.29) is 0 Å². The second-order valence-corrected chi connectivity index (χ2v) is 13.1. The highest BCUT2D eigenvalue weighted by molar-refractivity contribution is 7.25. The van der Waals surface area contributed by atoms with E-state index in [1.165, 1.54) is 70.2 Å². The van der Waals surface area contributed by atoms with Crippen LogP contribution in [0.3, 0.4) is 0 Å². The molecule has 0 fully saturated rings. The van der Waals surface area contributed by atoms with Gasteiger partial charge < -0.3 is 4.74 Å². The summed E-state index contributed by atoms with van der Waals surface area (Å²) in [4.78, 5) is 0. The zero-order valence-corrected chi connectivity index (χ0v) is 25.1. The number of ether oxygens (including phenoxy) is 1. The van der Waals surface area contributed by atoms with E-state index in [1.807, 2.05) is 11.3 Å². The molecule has 2 heteroatoms. The van der Waals surface area contributed by atoms with Crippen LogP contribution in [0.4, 0.5) is 0 Å². The standard InChI is InChI=1S/C43H26OS/c1-2-13-29(32-17-11-23-41-42(32)33-16-5-10-22-40(33)45-41)28(12-1)27-24-25-37-39(26-27)44-38-21-9-8-20-36(38)43(37)34-18-6-3-14-30(34)31-15-4-7-19-35(31)43/h1-26H. The molecule has 0 saturated carbocycles. The summed E-state index contributed by atoms with van der Waals surface area (Å²) in [6, 6.07) is 57.5. The van der Waals surface area contributed by atoms with Gasteiger partial charge in [0, 0.05) is 31.3 Å². The molecular formula is C43H26OS. The number of hydrogen-bond donors (Lipinski definition) is 0. The minimum absolute atomic E-state index is 0.448. The largest absolute Gasteiger partial charge is 0.457 e. The van der Waals surface area contributed by atoms with Crippen LogP contribution in [0.5, 0.6) is 11.5 Å². The molecule has 8 aromatic rings. The molecule has 1 aliphatic carbocycles. The molecule has 10 rings (SSSR count). The van der Waals surface area contributed by atoms with Gasteiger partial charge in [-0.15, -0.1) is 11.3 Å². The fourth-order valence-electron chi connectivity index (χ4n) is 8.00. The maximum atomic E-state index is 6.82. The number of hydrogen-bond acceptors (Lipinski definition) is 2. The van der Waals surface area contributed by atoms with Gasteiger partial charge in [0.1, 0.15) is 11.5 Å². The molecule has 0 atom stereocenters. The normalized spacial score (nSPS) is 13.7. The lowest BCUT2D eigenvalue weighted by Gasteiger charge is -2.39. The van der Waals surface area contributed by atoms with Crippen molar-refractivity contribution in [2.45, 2.75) is 5.41 Å². The van der Waals surface area contributed by atoms with Crippen LogP contribution in [0, 0.1) is 0 Å². The van der Waals surface area contributed by atoms with E-state index in [0.29, 0.717) is 0 Å². The maximum Gasteiger partial charge on any atom is 0.132 e. The Labute approximate surface area is 265 Å². The third-order valence-corrected chi connectivity index (χ3v) is 10.9. The predicted molar refractivity (Wildman–Crippen MR) is 188 cm³/mol. The second-order valence-electron chi connectivity index (χ2n) is 12.0. The van der Waals surface area contributed by atoms with Crippen LogP contribution < -0.4 is 4.74 Å². The Balaban J connectivity index is 1.22. The molecule has 210 valence electrons. The fourth-order valence-corrected chi connectivity index (χ4v) is 9.13. The molecule has 1 aromatic heterocycles. The van der Waals surface area contributed by atoms with Gasteiger partial charge in [-0.25, -0.2) is 0 Å². The molecule has 7 aromatic carbocycles. The van der Waals surface area contributed by atoms with Gasteiger partial charge in [0.05, 0.1) is 5.41 Å². The van der Waals surface area contributed by atoms with Crippen LogP contribution in [0.2, 0.25) is 0 Å². The fraction of sp³-hybridized carbons (Fsp3) is 0.0233. The Hall–Kier alpha value is -5.44. The summed E-state index contributed by atoms with van der Waals surface area (Å²) in [5.41, 5.74) is 12.0. The molecule has 0 unspecified atom stereocenters. The first-order chi connectivity index (χ1) is 22.3. The van der Waals surface area contributed by atoms with E-state index in [2.05, 4.69) is 158 Å². The van der Waals surface area contributed by atoms with Crippen molar-refractivity contribution in [3.8, 4) is 44.9 Å². The van der Waals surface area contributed by atoms with Gasteiger partial charge in [0.25, 0.3) is 0 Å². The zero-order chi connectivity index (χ0) is 29.5. The summed E-state index contributed by atoms with van der Waals surface area (Å²) in [5, 5.41) is 2.64. The highest BCUT2D eigenvalue weighted by Gasteiger charge is 2.50. The second kappa shape index (κ2) is 9.28. The van der Waals surface area contributed by atoms with Crippen molar-refractivity contribution in [1.82, 2.24) is 0 Å². The third kappa shape index (κ3) is 3.32. The number of rotatable bonds is 2. The summed E-state index contributed by atoms with van der Waals surface area (Å²) in [7, 11) is 0. The van der Waals surface area contributed by atoms with Crippen molar-refractivity contribution in [3.63, 3.8) is 0 Å². The van der Waals surface area contributed by atoms with Crippen LogP contribution in [0.1, 0.15) is 22.3 Å². The summed E-state index contributed by atoms with van der Waals surface area (Å²) in [6.07, 6.45) is 0. The minimum Gasteiger partial charge on any atom is -0.457 e. The van der Waals surface area contributed by atoms with Crippen molar-refractivity contribution < 1.29 is 4.74 Å². The Morgan fingerprint density at radius 3 is 1.78 bits per heavy atom. The van der Waals surface area contributed by atoms with Gasteiger partial charge in [0.15, 0.2) is 0 Å². The average Bonchev–Trinajstić information content (AvgIpc) is 3.63. The van der Waals surface area contributed by atoms with Gasteiger partial charge >= 0.3 is 0 Å². The van der Waals surface area contributed by atoms with E-state index in [9.17, 15) is 0 Å². The molecule has 0 saturated heterocycles. The summed E-state index contributed by atoms with van der Waals surface area (Å²) in [6.45, 7) is 0. The smallest absolute Gasteiger partial charge is 0.132 e.